The van der Waals surface area contributed by atoms with E-state index in [0.717, 1.165) is 12.5 Å². The molecular weight excluding hydrogens is 318 g/mol. The zero-order valence-corrected chi connectivity index (χ0v) is 15.0. The first-order chi connectivity index (χ1) is 8.95. The third kappa shape index (κ3) is 3.43. The van der Waals surface area contributed by atoms with Crippen molar-refractivity contribution >= 4 is 27.3 Å². The summed E-state index contributed by atoms with van der Waals surface area (Å²) >= 11 is 5.62. The molecule has 1 aliphatic carbocycles. The van der Waals surface area contributed by atoms with Crippen LogP contribution in [0.1, 0.15) is 62.3 Å². The van der Waals surface area contributed by atoms with Gasteiger partial charge in [0.2, 0.25) is 0 Å². The second-order valence-corrected chi connectivity index (χ2v) is 8.57. The average molecular weight is 344 g/mol. The summed E-state index contributed by atoms with van der Waals surface area (Å²) in [6.07, 6.45) is 5.52. The fourth-order valence-electron chi connectivity index (χ4n) is 3.43. The van der Waals surface area contributed by atoms with Crippen LogP contribution < -0.4 is 5.32 Å². The summed E-state index contributed by atoms with van der Waals surface area (Å²) in [7, 11) is 0. The molecule has 1 heterocycles. The number of aryl methyl sites for hydroxylation is 1. The Balaban J connectivity index is 2.28. The first-order valence-electron chi connectivity index (χ1n) is 7.45. The molecule has 1 fully saturated rings. The zero-order chi connectivity index (χ0) is 14.0. The van der Waals surface area contributed by atoms with Crippen molar-refractivity contribution in [3.8, 4) is 0 Å². The molecule has 2 atom stereocenters. The Bertz CT molecular complexity index is 405. The largest absolute Gasteiger partial charge is 0.309 e. The topological polar surface area (TPSA) is 12.0 Å². The van der Waals surface area contributed by atoms with Crippen LogP contribution in [0.4, 0.5) is 0 Å². The van der Waals surface area contributed by atoms with Crippen LogP contribution in [0.15, 0.2) is 10.5 Å². The summed E-state index contributed by atoms with van der Waals surface area (Å²) in [6, 6.07) is 2.85. The number of rotatable bonds is 4. The molecular formula is C16H26BrNS. The summed E-state index contributed by atoms with van der Waals surface area (Å²) < 4.78 is 1.27. The molecule has 1 N–H and O–H groups in total. The number of thiophene rings is 1. The highest BCUT2D eigenvalue weighted by Crippen LogP contribution is 2.48. The number of hydrogen-bond donors (Lipinski definition) is 1. The lowest BCUT2D eigenvalue weighted by Crippen LogP contribution is -2.38. The smallest absolute Gasteiger partial charge is 0.0448 e. The third-order valence-electron chi connectivity index (χ3n) is 4.60. The lowest BCUT2D eigenvalue weighted by atomic mass is 9.65. The maximum atomic E-state index is 3.75. The molecule has 3 heteroatoms. The van der Waals surface area contributed by atoms with E-state index in [2.05, 4.69) is 55.0 Å². The summed E-state index contributed by atoms with van der Waals surface area (Å²) in [5.41, 5.74) is 0.454. The van der Waals surface area contributed by atoms with E-state index in [1.807, 2.05) is 11.3 Å². The Labute approximate surface area is 130 Å². The van der Waals surface area contributed by atoms with Crippen molar-refractivity contribution in [2.75, 3.05) is 6.54 Å². The molecule has 1 aromatic rings. The van der Waals surface area contributed by atoms with Crippen LogP contribution in [0.25, 0.3) is 0 Å². The minimum Gasteiger partial charge on any atom is -0.309 e. The monoisotopic (exact) mass is 343 g/mol. The second kappa shape index (κ2) is 6.28. The standard InChI is InChI=1S/C16H26BrNS/c1-5-18-15(14-10-13(17)11(2)19-14)12-8-6-7-9-16(12,3)4/h10,12,15,18H,5-9H2,1-4H3. The predicted octanol–water partition coefficient (Wildman–Crippen LogP) is 5.69. The van der Waals surface area contributed by atoms with Crippen molar-refractivity contribution in [2.45, 2.75) is 59.4 Å². The van der Waals surface area contributed by atoms with Gasteiger partial charge in [0.25, 0.3) is 0 Å². The molecule has 0 bridgehead atoms. The van der Waals surface area contributed by atoms with Gasteiger partial charge in [0, 0.05) is 20.3 Å². The molecule has 0 aromatic carbocycles. The van der Waals surface area contributed by atoms with E-state index in [4.69, 9.17) is 0 Å². The normalized spacial score (nSPS) is 24.4. The average Bonchev–Trinajstić information content (AvgIpc) is 2.67. The molecule has 1 aromatic heterocycles. The molecule has 108 valence electrons. The van der Waals surface area contributed by atoms with E-state index < -0.39 is 0 Å². The van der Waals surface area contributed by atoms with Crippen molar-refractivity contribution in [1.29, 1.82) is 0 Å². The van der Waals surface area contributed by atoms with Crippen LogP contribution in [0.2, 0.25) is 0 Å². The lowest BCUT2D eigenvalue weighted by molar-refractivity contribution is 0.100. The van der Waals surface area contributed by atoms with Gasteiger partial charge >= 0.3 is 0 Å². The SMILES string of the molecule is CCNC(c1cc(Br)c(C)s1)C1CCCCC1(C)C. The van der Waals surface area contributed by atoms with Crippen LogP contribution in [-0.4, -0.2) is 6.54 Å². The summed E-state index contributed by atoms with van der Waals surface area (Å²) in [6.45, 7) is 10.4. The van der Waals surface area contributed by atoms with E-state index >= 15 is 0 Å². The van der Waals surface area contributed by atoms with Crippen molar-refractivity contribution in [2.24, 2.45) is 11.3 Å². The number of halogens is 1. The van der Waals surface area contributed by atoms with Crippen molar-refractivity contribution in [1.82, 2.24) is 5.32 Å². The maximum absolute atomic E-state index is 3.75. The van der Waals surface area contributed by atoms with Gasteiger partial charge in [-0.15, -0.1) is 11.3 Å². The molecule has 2 unspecified atom stereocenters. The van der Waals surface area contributed by atoms with E-state index in [-0.39, 0.29) is 0 Å². The zero-order valence-electron chi connectivity index (χ0n) is 12.6. The predicted molar refractivity (Wildman–Crippen MR) is 88.9 cm³/mol. The van der Waals surface area contributed by atoms with Gasteiger partial charge in [0.1, 0.15) is 0 Å². The number of nitrogens with one attached hydrogen (secondary N) is 1. The lowest BCUT2D eigenvalue weighted by Gasteiger charge is -2.43. The molecule has 1 aliphatic rings. The Morgan fingerprint density at radius 2 is 2.21 bits per heavy atom. The van der Waals surface area contributed by atoms with E-state index in [1.165, 1.54) is 39.9 Å². The maximum Gasteiger partial charge on any atom is 0.0448 e. The summed E-state index contributed by atoms with van der Waals surface area (Å²) in [4.78, 5) is 2.90. The molecule has 1 saturated carbocycles. The van der Waals surface area contributed by atoms with Gasteiger partial charge in [-0.1, -0.05) is 33.6 Å². The van der Waals surface area contributed by atoms with Gasteiger partial charge in [0.15, 0.2) is 0 Å². The van der Waals surface area contributed by atoms with E-state index in [9.17, 15) is 0 Å². The van der Waals surface area contributed by atoms with Gasteiger partial charge in [-0.25, -0.2) is 0 Å². The number of hydrogen-bond acceptors (Lipinski definition) is 2. The molecule has 0 saturated heterocycles. The minimum atomic E-state index is 0.454. The van der Waals surface area contributed by atoms with Crippen molar-refractivity contribution in [3.63, 3.8) is 0 Å². The Morgan fingerprint density at radius 3 is 2.74 bits per heavy atom. The highest BCUT2D eigenvalue weighted by molar-refractivity contribution is 9.10. The molecule has 1 nitrogen and oxygen atoms in total. The quantitative estimate of drug-likeness (QED) is 0.740. The van der Waals surface area contributed by atoms with Gasteiger partial charge in [0.05, 0.1) is 0 Å². The highest BCUT2D eigenvalue weighted by Gasteiger charge is 2.38. The molecule has 19 heavy (non-hydrogen) atoms. The molecule has 0 amide bonds. The third-order valence-corrected chi connectivity index (χ3v) is 6.82. The second-order valence-electron chi connectivity index (χ2n) is 6.43. The fourth-order valence-corrected chi connectivity index (χ4v) is 5.14. The molecule has 0 aliphatic heterocycles. The van der Waals surface area contributed by atoms with Crippen molar-refractivity contribution in [3.05, 3.63) is 20.3 Å². The fraction of sp³-hybridized carbons (Fsp3) is 0.750. The molecule has 0 spiro atoms. The first kappa shape index (κ1) is 15.5. The summed E-state index contributed by atoms with van der Waals surface area (Å²) in [5, 5.41) is 3.75. The van der Waals surface area contributed by atoms with Gasteiger partial charge < -0.3 is 5.32 Å². The first-order valence-corrected chi connectivity index (χ1v) is 9.06. The Hall–Kier alpha value is 0.140. The summed E-state index contributed by atoms with van der Waals surface area (Å²) in [5.74, 6) is 0.756. The Morgan fingerprint density at radius 1 is 1.47 bits per heavy atom. The van der Waals surface area contributed by atoms with Crippen LogP contribution in [0, 0.1) is 18.3 Å². The minimum absolute atomic E-state index is 0.454. The van der Waals surface area contributed by atoms with E-state index in [0.29, 0.717) is 11.5 Å². The van der Waals surface area contributed by atoms with Crippen molar-refractivity contribution < 1.29 is 0 Å². The van der Waals surface area contributed by atoms with E-state index in [1.54, 1.807) is 0 Å². The van der Waals surface area contributed by atoms with Gasteiger partial charge in [-0.05, 0) is 59.6 Å². The molecule has 2 rings (SSSR count). The Kier molecular flexibility index (Phi) is 5.13. The van der Waals surface area contributed by atoms with Crippen LogP contribution in [0.5, 0.6) is 0 Å². The van der Waals surface area contributed by atoms with Crippen LogP contribution in [0.3, 0.4) is 0 Å². The van der Waals surface area contributed by atoms with Crippen LogP contribution in [-0.2, 0) is 0 Å². The molecule has 0 radical (unpaired) electrons. The van der Waals surface area contributed by atoms with Gasteiger partial charge in [-0.3, -0.25) is 0 Å². The van der Waals surface area contributed by atoms with Gasteiger partial charge in [-0.2, -0.15) is 0 Å². The van der Waals surface area contributed by atoms with Crippen LogP contribution >= 0.6 is 27.3 Å². The highest BCUT2D eigenvalue weighted by atomic mass is 79.9.